The second-order valence-corrected chi connectivity index (χ2v) is 8.29. The summed E-state index contributed by atoms with van der Waals surface area (Å²) in [5.41, 5.74) is 6.55. The van der Waals surface area contributed by atoms with E-state index in [9.17, 15) is 4.79 Å². The smallest absolute Gasteiger partial charge is 0.237 e. The van der Waals surface area contributed by atoms with Crippen LogP contribution < -0.4 is 5.32 Å². The number of aromatic nitrogens is 4. The predicted molar refractivity (Wildman–Crippen MR) is 114 cm³/mol. The summed E-state index contributed by atoms with van der Waals surface area (Å²) in [5, 5.41) is 12.7. The Hall–Kier alpha value is -2.93. The monoisotopic (exact) mass is 391 g/mol. The quantitative estimate of drug-likeness (QED) is 0.499. The molecular weight excluding hydrogens is 370 g/mol. The molecule has 28 heavy (non-hydrogen) atoms. The van der Waals surface area contributed by atoms with Crippen LogP contribution in [0.1, 0.15) is 23.6 Å². The Bertz CT molecular complexity index is 1180. The SMILES string of the molecule is Cc1cc(C)c(NC(=O)[C@H](C)Sc2nnc3c(n2)[nH]c2ccccc23)c(C)c1. The number of hydrogen-bond donors (Lipinski definition) is 2. The lowest BCUT2D eigenvalue weighted by Crippen LogP contribution is -2.23. The summed E-state index contributed by atoms with van der Waals surface area (Å²) < 4.78 is 0. The number of thioether (sulfide) groups is 1. The lowest BCUT2D eigenvalue weighted by Gasteiger charge is -2.15. The van der Waals surface area contributed by atoms with Gasteiger partial charge in [-0.3, -0.25) is 4.79 Å². The summed E-state index contributed by atoms with van der Waals surface area (Å²) in [6.07, 6.45) is 0. The molecule has 2 aromatic heterocycles. The van der Waals surface area contributed by atoms with Crippen LogP contribution in [0.5, 0.6) is 0 Å². The first kappa shape index (κ1) is 18.4. The van der Waals surface area contributed by atoms with Crippen molar-refractivity contribution in [2.24, 2.45) is 0 Å². The van der Waals surface area contributed by atoms with E-state index in [4.69, 9.17) is 0 Å². The molecule has 0 bridgehead atoms. The molecule has 0 aliphatic rings. The zero-order chi connectivity index (χ0) is 19.8. The minimum Gasteiger partial charge on any atom is -0.338 e. The highest BCUT2D eigenvalue weighted by Crippen LogP contribution is 2.27. The lowest BCUT2D eigenvalue weighted by atomic mass is 10.1. The van der Waals surface area contributed by atoms with E-state index in [-0.39, 0.29) is 11.2 Å². The number of anilines is 1. The van der Waals surface area contributed by atoms with Gasteiger partial charge in [-0.15, -0.1) is 10.2 Å². The molecule has 1 amide bonds. The number of carbonyl (C=O) groups excluding carboxylic acids is 1. The normalized spacial score (nSPS) is 12.4. The van der Waals surface area contributed by atoms with Crippen LogP contribution in [0, 0.1) is 20.8 Å². The number of fused-ring (bicyclic) bond motifs is 3. The largest absolute Gasteiger partial charge is 0.338 e. The first-order valence-electron chi connectivity index (χ1n) is 9.09. The number of benzene rings is 2. The van der Waals surface area contributed by atoms with Crippen LogP contribution in [0.2, 0.25) is 0 Å². The molecule has 2 aromatic carbocycles. The molecule has 0 spiro atoms. The first-order valence-corrected chi connectivity index (χ1v) is 9.97. The van der Waals surface area contributed by atoms with Gasteiger partial charge in [0.2, 0.25) is 11.1 Å². The number of aryl methyl sites for hydroxylation is 3. The first-order chi connectivity index (χ1) is 13.4. The van der Waals surface area contributed by atoms with Gasteiger partial charge in [0.05, 0.1) is 5.25 Å². The molecule has 7 heteroatoms. The second kappa shape index (κ2) is 7.24. The van der Waals surface area contributed by atoms with Crippen molar-refractivity contribution in [3.05, 3.63) is 53.1 Å². The van der Waals surface area contributed by atoms with Crippen molar-refractivity contribution in [1.29, 1.82) is 0 Å². The number of nitrogens with zero attached hydrogens (tertiary/aromatic N) is 3. The molecule has 2 N–H and O–H groups in total. The van der Waals surface area contributed by atoms with E-state index < -0.39 is 0 Å². The zero-order valence-electron chi connectivity index (χ0n) is 16.2. The molecular formula is C21H21N5OS. The minimum atomic E-state index is -0.358. The molecule has 4 aromatic rings. The third-order valence-electron chi connectivity index (χ3n) is 4.68. The fourth-order valence-corrected chi connectivity index (χ4v) is 4.08. The van der Waals surface area contributed by atoms with Crippen LogP contribution in [-0.2, 0) is 4.79 Å². The fraction of sp³-hybridized carbons (Fsp3) is 0.238. The molecule has 6 nitrogen and oxygen atoms in total. The maximum Gasteiger partial charge on any atom is 0.237 e. The van der Waals surface area contributed by atoms with E-state index in [1.54, 1.807) is 0 Å². The highest BCUT2D eigenvalue weighted by Gasteiger charge is 2.19. The molecule has 0 unspecified atom stereocenters. The summed E-state index contributed by atoms with van der Waals surface area (Å²) in [6, 6.07) is 12.0. The van der Waals surface area contributed by atoms with E-state index in [1.807, 2.05) is 45.0 Å². The van der Waals surface area contributed by atoms with E-state index in [2.05, 4.69) is 44.5 Å². The van der Waals surface area contributed by atoms with Gasteiger partial charge in [-0.25, -0.2) is 4.98 Å². The van der Waals surface area contributed by atoms with Crippen LogP contribution in [0.3, 0.4) is 0 Å². The Labute approximate surface area is 167 Å². The minimum absolute atomic E-state index is 0.0830. The van der Waals surface area contributed by atoms with Gasteiger partial charge in [0.1, 0.15) is 5.52 Å². The van der Waals surface area contributed by atoms with Gasteiger partial charge >= 0.3 is 0 Å². The maximum atomic E-state index is 12.7. The third kappa shape index (κ3) is 3.45. The van der Waals surface area contributed by atoms with Gasteiger partial charge in [0.15, 0.2) is 5.65 Å². The standard InChI is InChI=1S/C21H21N5OS/c1-11-9-12(2)17(13(3)10-11)23-20(27)14(4)28-21-24-19-18(25-26-21)15-7-5-6-8-16(15)22-19/h5-10,14H,1-4H3,(H,23,27)(H,22,24,26)/t14-/m0/s1. The average Bonchev–Trinajstić information content (AvgIpc) is 3.02. The summed E-state index contributed by atoms with van der Waals surface area (Å²) in [7, 11) is 0. The molecule has 0 aliphatic carbocycles. The number of para-hydroxylation sites is 1. The summed E-state index contributed by atoms with van der Waals surface area (Å²) >= 11 is 1.29. The van der Waals surface area contributed by atoms with Gasteiger partial charge in [0, 0.05) is 16.6 Å². The van der Waals surface area contributed by atoms with Gasteiger partial charge < -0.3 is 10.3 Å². The van der Waals surface area contributed by atoms with Crippen LogP contribution in [0.4, 0.5) is 5.69 Å². The molecule has 0 radical (unpaired) electrons. The summed E-state index contributed by atoms with van der Waals surface area (Å²) in [6.45, 7) is 7.90. The molecule has 0 saturated carbocycles. The van der Waals surface area contributed by atoms with Crippen molar-refractivity contribution in [2.45, 2.75) is 38.1 Å². The Morgan fingerprint density at radius 2 is 1.82 bits per heavy atom. The predicted octanol–water partition coefficient (Wildman–Crippen LogP) is 4.55. The van der Waals surface area contributed by atoms with Crippen LogP contribution >= 0.6 is 11.8 Å². The van der Waals surface area contributed by atoms with Crippen LogP contribution in [0.15, 0.2) is 41.6 Å². The van der Waals surface area contributed by atoms with E-state index in [0.29, 0.717) is 10.8 Å². The Balaban J connectivity index is 1.53. The number of H-pyrrole nitrogens is 1. The van der Waals surface area contributed by atoms with E-state index >= 15 is 0 Å². The third-order valence-corrected chi connectivity index (χ3v) is 5.63. The van der Waals surface area contributed by atoms with Gasteiger partial charge in [0.25, 0.3) is 0 Å². The van der Waals surface area contributed by atoms with Crippen molar-refractivity contribution < 1.29 is 4.79 Å². The van der Waals surface area contributed by atoms with Crippen molar-refractivity contribution in [3.63, 3.8) is 0 Å². The Morgan fingerprint density at radius 3 is 2.57 bits per heavy atom. The lowest BCUT2D eigenvalue weighted by molar-refractivity contribution is -0.115. The highest BCUT2D eigenvalue weighted by atomic mass is 32.2. The Morgan fingerprint density at radius 1 is 1.11 bits per heavy atom. The molecule has 0 fully saturated rings. The van der Waals surface area contributed by atoms with Crippen LogP contribution in [-0.4, -0.2) is 31.3 Å². The van der Waals surface area contributed by atoms with Crippen LogP contribution in [0.25, 0.3) is 22.1 Å². The molecule has 1 atom stereocenters. The molecule has 4 rings (SSSR count). The molecule has 142 valence electrons. The number of nitrogens with one attached hydrogen (secondary N) is 2. The number of rotatable bonds is 4. The molecule has 0 saturated heterocycles. The Kier molecular flexibility index (Phi) is 4.77. The van der Waals surface area contributed by atoms with Gasteiger partial charge in [-0.1, -0.05) is 47.7 Å². The van der Waals surface area contributed by atoms with Crippen molar-refractivity contribution in [1.82, 2.24) is 20.2 Å². The summed E-state index contributed by atoms with van der Waals surface area (Å²) in [5.74, 6) is -0.0830. The number of aromatic amines is 1. The van der Waals surface area contributed by atoms with Crippen molar-refractivity contribution in [2.75, 3.05) is 5.32 Å². The number of amides is 1. The highest BCUT2D eigenvalue weighted by molar-refractivity contribution is 8.00. The number of carbonyl (C=O) groups is 1. The van der Waals surface area contributed by atoms with Gasteiger partial charge in [-0.05, 0) is 44.9 Å². The molecule has 2 heterocycles. The average molecular weight is 392 g/mol. The topological polar surface area (TPSA) is 83.6 Å². The van der Waals surface area contributed by atoms with E-state index in [0.717, 1.165) is 33.2 Å². The molecule has 0 aliphatic heterocycles. The van der Waals surface area contributed by atoms with Gasteiger partial charge in [-0.2, -0.15) is 0 Å². The fourth-order valence-electron chi connectivity index (χ4n) is 3.37. The number of hydrogen-bond acceptors (Lipinski definition) is 5. The van der Waals surface area contributed by atoms with Crippen molar-refractivity contribution in [3.8, 4) is 0 Å². The summed E-state index contributed by atoms with van der Waals surface area (Å²) in [4.78, 5) is 20.5. The maximum absolute atomic E-state index is 12.7. The second-order valence-electron chi connectivity index (χ2n) is 6.99. The van der Waals surface area contributed by atoms with E-state index in [1.165, 1.54) is 17.3 Å². The zero-order valence-corrected chi connectivity index (χ0v) is 17.0. The van der Waals surface area contributed by atoms with Crippen molar-refractivity contribution >= 4 is 45.4 Å².